The van der Waals surface area contributed by atoms with Gasteiger partial charge in [-0.05, 0) is 11.1 Å². The molecule has 0 aromatic rings. The van der Waals surface area contributed by atoms with Gasteiger partial charge in [0.1, 0.15) is 159 Å². The molecule has 0 amide bonds. The molecule has 21 aliphatic rings. The van der Waals surface area contributed by atoms with Crippen LogP contribution in [0.4, 0.5) is 0 Å². The SMILES string of the molecule is CO[C@@H]1[C@@H](OC)[C@H]2O[C@H]3[C@H](OC)[C@@H](OC)[C@@H](O[C@H]4[C@H](OC)[C@@H](OC)[C@@H](O[C@H]5[C@H](OC)[C@@H](OC)[C@@H](O[C@H]6[C@H](OC)[C@@H](OC)[C@@H](O[C@H]7[C@@H](OC)[C@@H](OC)[C@@H](O[C@H]8[C@@H](OC)[C@H](OC)[C@@H](O[C@@H]1[C@@H](CO)O2)O[C@@H]8CO)O[C@@H]7CN=[N+]=[N-])O[C@@H]6CN=[N+]=[N-])O[C@@H]5CO)O[C@@H]4CO)O[C@@H]3CO. The maximum atomic E-state index is 11.2. The van der Waals surface area contributed by atoms with Gasteiger partial charge in [0, 0.05) is 109 Å². The minimum Gasteiger partial charge on any atom is -0.394 e. The molecule has 0 radical (unpaired) electrons. The molecule has 21 rings (SSSR count). The van der Waals surface area contributed by atoms with E-state index in [1.807, 2.05) is 0 Å². The molecule has 0 aromatic heterocycles. The van der Waals surface area contributed by atoms with Crippen molar-refractivity contribution in [2.45, 2.75) is 215 Å². The molecule has 21 aliphatic heterocycles. The van der Waals surface area contributed by atoms with E-state index in [2.05, 4.69) is 20.1 Å². The van der Waals surface area contributed by atoms with Crippen LogP contribution in [0.1, 0.15) is 0 Å². The summed E-state index contributed by atoms with van der Waals surface area (Å²) in [6.45, 7) is -4.36. The Kier molecular flexibility index (Phi) is 30.6. The monoisotopic (exact) mass is 1380 g/mol. The van der Waals surface area contributed by atoms with Crippen molar-refractivity contribution in [3.05, 3.63) is 20.9 Å². The Labute approximate surface area is 548 Å². The van der Waals surface area contributed by atoms with Crippen LogP contribution in [0, 0.1) is 0 Å². The summed E-state index contributed by atoms with van der Waals surface area (Å²) >= 11 is 0. The van der Waals surface area contributed by atoms with Gasteiger partial charge in [-0.15, -0.1) is 0 Å². The first-order chi connectivity index (χ1) is 46.2. The lowest BCUT2D eigenvalue weighted by Crippen LogP contribution is -2.69. The number of aliphatic hydroxyl groups is 5. The molecule has 0 aliphatic carbocycles. The number of aliphatic hydroxyl groups excluding tert-OH is 5. The smallest absolute Gasteiger partial charge is 0.187 e. The minimum atomic E-state index is -1.46. The standard InChI is InChI=1S/C56H96N6O33/c1-68-36-29-22(15-59-61-57)83-51(44(36)76-9)91-31-24(17-63)85-53(46(78-11)38(31)70-3)93-33-26(19-65)87-55(48(80-13)40(33)72-5)95-35-28(21-67)88-56(49(81-14)42(35)74-7)94-34-27(20-66)86-54(47(79-12)41(34)73-6)92-32-25(18-64)84-52(45(77-10)39(32)71-4)90-30-23(16-60-62-58)82-50(89-29)43(75-8)37(30)69-2/h22-56,63-67H,15-21H2,1-14H3/t22-,23-,24-,25-,26-,27-,28-,29-,30-,31-,32-,33-,34-,35-,36-,37+,38-,39+,40+,41+,42+,43-,44-,45-,46+,47-,48-,49-,50-,51-,52-,53-,54-,55-,56-/m1/s1. The van der Waals surface area contributed by atoms with Crippen LogP contribution in [-0.4, -0.2) is 386 Å². The first-order valence-electron chi connectivity index (χ1n) is 30.8. The highest BCUT2D eigenvalue weighted by atomic mass is 16.8. The molecule has 21 fully saturated rings. The largest absolute Gasteiger partial charge is 0.394 e. The number of hydrogen-bond acceptors (Lipinski definition) is 35. The van der Waals surface area contributed by atoms with Crippen molar-refractivity contribution < 1.29 is 158 Å². The van der Waals surface area contributed by atoms with Crippen LogP contribution in [0.2, 0.25) is 0 Å². The maximum Gasteiger partial charge on any atom is 0.187 e. The zero-order chi connectivity index (χ0) is 68.8. The predicted octanol–water partition coefficient (Wildman–Crippen LogP) is -3.44. The Bertz CT molecular complexity index is 2340. The highest BCUT2D eigenvalue weighted by molar-refractivity contribution is 5.04. The lowest BCUT2D eigenvalue weighted by Gasteiger charge is -2.52. The average molecular weight is 1380 g/mol. The van der Waals surface area contributed by atoms with Crippen LogP contribution in [0.3, 0.4) is 0 Å². The van der Waals surface area contributed by atoms with Crippen molar-refractivity contribution in [3.63, 3.8) is 0 Å². The van der Waals surface area contributed by atoms with Crippen molar-refractivity contribution in [2.75, 3.05) is 146 Å². The third-order valence-electron chi connectivity index (χ3n) is 18.5. The third kappa shape index (κ3) is 16.3. The van der Waals surface area contributed by atoms with Crippen molar-refractivity contribution >= 4 is 0 Å². The van der Waals surface area contributed by atoms with E-state index in [0.717, 1.165) is 0 Å². The fourth-order valence-electron chi connectivity index (χ4n) is 14.0. The molecule has 0 unspecified atom stereocenters. The van der Waals surface area contributed by atoms with Crippen molar-refractivity contribution in [2.24, 2.45) is 10.2 Å². The highest BCUT2D eigenvalue weighted by Crippen LogP contribution is 2.43. The number of rotatable bonds is 23. The maximum absolute atomic E-state index is 11.2. The van der Waals surface area contributed by atoms with Gasteiger partial charge in [-0.25, -0.2) is 0 Å². The summed E-state index contributed by atoms with van der Waals surface area (Å²) in [5.74, 6) is 0. The van der Waals surface area contributed by atoms with Gasteiger partial charge in [0.25, 0.3) is 0 Å². The third-order valence-corrected chi connectivity index (χ3v) is 18.5. The molecular weight excluding hydrogens is 1280 g/mol. The second-order valence-electron chi connectivity index (χ2n) is 23.0. The molecule has 39 heteroatoms. The number of azide groups is 2. The van der Waals surface area contributed by atoms with E-state index >= 15 is 0 Å². The Balaban J connectivity index is 1.22. The molecule has 0 aromatic carbocycles. The Morgan fingerprint density at radius 1 is 0.232 bits per heavy atom. The Morgan fingerprint density at radius 3 is 0.495 bits per heavy atom. The second kappa shape index (κ2) is 37.3. The molecule has 548 valence electrons. The zero-order valence-corrected chi connectivity index (χ0v) is 55.5. The fourth-order valence-corrected chi connectivity index (χ4v) is 14.0. The molecule has 5 N–H and O–H groups in total. The highest BCUT2D eigenvalue weighted by Gasteiger charge is 2.62. The molecule has 21 saturated heterocycles. The van der Waals surface area contributed by atoms with Crippen molar-refractivity contribution in [1.29, 1.82) is 0 Å². The van der Waals surface area contributed by atoms with Gasteiger partial charge in [0.15, 0.2) is 44.0 Å². The first-order valence-corrected chi connectivity index (χ1v) is 30.8. The molecule has 39 nitrogen and oxygen atoms in total. The number of nitrogens with zero attached hydrogens (tertiary/aromatic N) is 6. The number of methoxy groups -OCH3 is 14. The van der Waals surface area contributed by atoms with Gasteiger partial charge in [0.05, 0.1) is 58.3 Å². The molecular formula is C56H96N6O33. The van der Waals surface area contributed by atoms with Crippen molar-refractivity contribution in [1.82, 2.24) is 0 Å². The van der Waals surface area contributed by atoms with Gasteiger partial charge < -0.3 is 158 Å². The molecule has 21 heterocycles. The van der Waals surface area contributed by atoms with E-state index in [9.17, 15) is 36.6 Å². The number of ether oxygens (including phenoxy) is 28. The Hall–Kier alpha value is -2.70. The number of hydrogen-bond donors (Lipinski definition) is 5. The van der Waals surface area contributed by atoms with Gasteiger partial charge in [-0.3, -0.25) is 0 Å². The summed E-state index contributed by atoms with van der Waals surface area (Å²) in [5, 5.41) is 63.4. The molecule has 0 saturated carbocycles. The lowest BCUT2D eigenvalue weighted by molar-refractivity contribution is -0.402. The van der Waals surface area contributed by atoms with Crippen LogP contribution >= 0.6 is 0 Å². The fraction of sp³-hybridized carbons (Fsp3) is 1.00. The lowest BCUT2D eigenvalue weighted by atomic mass is 9.94. The van der Waals surface area contributed by atoms with E-state index in [4.69, 9.17) is 133 Å². The van der Waals surface area contributed by atoms with Gasteiger partial charge in [0.2, 0.25) is 0 Å². The van der Waals surface area contributed by atoms with Gasteiger partial charge >= 0.3 is 0 Å². The van der Waals surface area contributed by atoms with E-state index in [1.165, 1.54) is 99.5 Å². The first kappa shape index (κ1) is 78.0. The zero-order valence-electron chi connectivity index (χ0n) is 55.5. The molecule has 35 atom stereocenters. The van der Waals surface area contributed by atoms with Crippen LogP contribution in [0.5, 0.6) is 0 Å². The summed E-state index contributed by atoms with van der Waals surface area (Å²) in [7, 11) is 19.1. The predicted molar refractivity (Wildman–Crippen MR) is 309 cm³/mol. The normalized spacial score (nSPS) is 46.9. The van der Waals surface area contributed by atoms with Crippen LogP contribution < -0.4 is 0 Å². The summed E-state index contributed by atoms with van der Waals surface area (Å²) in [4.78, 5) is 5.98. The van der Waals surface area contributed by atoms with Crippen LogP contribution in [0.15, 0.2) is 10.2 Å². The molecule has 95 heavy (non-hydrogen) atoms. The van der Waals surface area contributed by atoms with E-state index in [1.54, 1.807) is 0 Å². The Morgan fingerprint density at radius 2 is 0.368 bits per heavy atom. The van der Waals surface area contributed by atoms with Gasteiger partial charge in [-0.1, -0.05) is 10.2 Å². The molecule has 14 bridgehead atoms. The summed E-state index contributed by atoms with van der Waals surface area (Å²) in [6.07, 6.45) is -44.4. The summed E-state index contributed by atoms with van der Waals surface area (Å²) in [5.41, 5.74) is 19.5. The quantitative estimate of drug-likeness (QED) is 0.0377. The van der Waals surface area contributed by atoms with Gasteiger partial charge in [-0.2, -0.15) is 0 Å². The second-order valence-corrected chi connectivity index (χ2v) is 23.0. The average Bonchev–Trinajstić information content (AvgIpc) is 0.777. The van der Waals surface area contributed by atoms with E-state index in [-0.39, 0.29) is 0 Å². The van der Waals surface area contributed by atoms with E-state index in [0.29, 0.717) is 0 Å². The van der Waals surface area contributed by atoms with Crippen molar-refractivity contribution in [3.8, 4) is 0 Å². The minimum absolute atomic E-state index is 0.405. The molecule has 0 spiro atoms. The summed E-state index contributed by atoms with van der Waals surface area (Å²) in [6, 6.07) is 0. The van der Waals surface area contributed by atoms with E-state index < -0.39 is 261 Å². The van der Waals surface area contributed by atoms with Crippen LogP contribution in [-0.2, 0) is 133 Å². The van der Waals surface area contributed by atoms with Crippen LogP contribution in [0.25, 0.3) is 20.9 Å². The topological polar surface area (TPSA) is 457 Å². The summed E-state index contributed by atoms with van der Waals surface area (Å²) < 4.78 is 178.